The first kappa shape index (κ1) is 18.3. The van der Waals surface area contributed by atoms with E-state index in [0.29, 0.717) is 11.8 Å². The first-order valence-electron chi connectivity index (χ1n) is 9.04. The van der Waals surface area contributed by atoms with Crippen LogP contribution >= 0.6 is 0 Å². The molecule has 22 heavy (non-hydrogen) atoms. The molecule has 1 N–H and O–H groups in total. The van der Waals surface area contributed by atoms with E-state index < -0.39 is 13.7 Å². The van der Waals surface area contributed by atoms with Gasteiger partial charge in [-0.2, -0.15) is 0 Å². The highest BCUT2D eigenvalue weighted by atomic mass is 28.3. The molecule has 0 amide bonds. The van der Waals surface area contributed by atoms with Crippen LogP contribution < -0.4 is 0 Å². The standard InChI is InChI=1S/C20H38OSi/c1-11-19(21)12-18(6,7)15-14(2)20(19,13-22(8,9)10)16(15)17(3,4)5/h15-16,21H,2,11-13H2,1,3-10H3/t15-,16-,19+,20+/m0/s1. The van der Waals surface area contributed by atoms with Crippen molar-refractivity contribution in [3.63, 3.8) is 0 Å². The maximum absolute atomic E-state index is 11.8. The quantitative estimate of drug-likeness (QED) is 0.519. The van der Waals surface area contributed by atoms with E-state index in [1.165, 1.54) is 11.6 Å². The van der Waals surface area contributed by atoms with Crippen molar-refractivity contribution in [2.75, 3.05) is 0 Å². The minimum absolute atomic E-state index is 0.0509. The predicted molar refractivity (Wildman–Crippen MR) is 99.8 cm³/mol. The van der Waals surface area contributed by atoms with Crippen molar-refractivity contribution in [3.05, 3.63) is 12.2 Å². The molecule has 3 saturated carbocycles. The molecule has 0 spiro atoms. The van der Waals surface area contributed by atoms with E-state index in [1.807, 2.05) is 0 Å². The summed E-state index contributed by atoms with van der Waals surface area (Å²) in [6.45, 7) is 25.9. The first-order valence-corrected chi connectivity index (χ1v) is 12.7. The smallest absolute Gasteiger partial charge is 0.0743 e. The number of aliphatic hydroxyl groups is 1. The van der Waals surface area contributed by atoms with Gasteiger partial charge in [0.1, 0.15) is 0 Å². The van der Waals surface area contributed by atoms with E-state index in [0.717, 1.165) is 12.8 Å². The monoisotopic (exact) mass is 322 g/mol. The average Bonchev–Trinajstić information content (AvgIpc) is 2.26. The third-order valence-electron chi connectivity index (χ3n) is 6.56. The topological polar surface area (TPSA) is 20.2 Å². The summed E-state index contributed by atoms with van der Waals surface area (Å²) in [5.74, 6) is 1.11. The van der Waals surface area contributed by atoms with Crippen LogP contribution in [0.1, 0.15) is 54.4 Å². The van der Waals surface area contributed by atoms with Crippen LogP contribution in [0.4, 0.5) is 0 Å². The summed E-state index contributed by atoms with van der Waals surface area (Å²) >= 11 is 0. The Morgan fingerprint density at radius 3 is 2.09 bits per heavy atom. The van der Waals surface area contributed by atoms with Gasteiger partial charge in [0.25, 0.3) is 0 Å². The van der Waals surface area contributed by atoms with Crippen LogP contribution in [-0.2, 0) is 0 Å². The number of rotatable bonds is 3. The fraction of sp³-hybridized carbons (Fsp3) is 0.900. The second-order valence-electron chi connectivity index (χ2n) is 11.1. The van der Waals surface area contributed by atoms with Gasteiger partial charge in [-0.25, -0.2) is 0 Å². The van der Waals surface area contributed by atoms with E-state index in [1.54, 1.807) is 0 Å². The van der Waals surface area contributed by atoms with Gasteiger partial charge < -0.3 is 5.11 Å². The van der Waals surface area contributed by atoms with Gasteiger partial charge in [-0.3, -0.25) is 0 Å². The third-order valence-corrected chi connectivity index (χ3v) is 8.18. The van der Waals surface area contributed by atoms with E-state index in [4.69, 9.17) is 0 Å². The number of fused-ring (bicyclic) bond motifs is 2. The Hall–Kier alpha value is -0.0831. The molecule has 0 aliphatic heterocycles. The second kappa shape index (κ2) is 4.72. The third kappa shape index (κ3) is 2.28. The summed E-state index contributed by atoms with van der Waals surface area (Å²) in [6.07, 6.45) is 1.77. The van der Waals surface area contributed by atoms with Crippen molar-refractivity contribution >= 4 is 8.07 Å². The molecule has 0 unspecified atom stereocenters. The van der Waals surface area contributed by atoms with E-state index in [-0.39, 0.29) is 16.2 Å². The molecule has 0 aromatic heterocycles. The Balaban J connectivity index is 2.65. The van der Waals surface area contributed by atoms with Gasteiger partial charge in [0.05, 0.1) is 5.60 Å². The fourth-order valence-corrected chi connectivity index (χ4v) is 8.75. The largest absolute Gasteiger partial charge is 0.389 e. The van der Waals surface area contributed by atoms with Crippen LogP contribution in [0.3, 0.4) is 0 Å². The van der Waals surface area contributed by atoms with E-state index in [9.17, 15) is 5.11 Å². The lowest BCUT2D eigenvalue weighted by molar-refractivity contribution is -0.251. The predicted octanol–water partition coefficient (Wildman–Crippen LogP) is 5.73. The molecule has 2 heteroatoms. The Bertz CT molecular complexity index is 479. The molecule has 3 rings (SSSR count). The summed E-state index contributed by atoms with van der Waals surface area (Å²) in [5, 5.41) is 11.8. The SMILES string of the molecule is C=C1[C@H]2[C@@H](C(C)(C)C)[C@]1(C[Si](C)(C)C)[C@@](O)(CC)CC2(C)C. The Kier molecular flexibility index (Phi) is 3.92. The molecule has 3 aliphatic rings. The molecule has 0 radical (unpaired) electrons. The first-order chi connectivity index (χ1) is 9.62. The van der Waals surface area contributed by atoms with Gasteiger partial charge in [0.2, 0.25) is 0 Å². The van der Waals surface area contributed by atoms with Crippen LogP contribution in [0.2, 0.25) is 25.7 Å². The Labute approximate surface area is 139 Å². The highest BCUT2D eigenvalue weighted by molar-refractivity contribution is 6.76. The van der Waals surface area contributed by atoms with E-state index >= 15 is 0 Å². The molecule has 3 fully saturated rings. The highest BCUT2D eigenvalue weighted by Gasteiger charge is 2.75. The minimum Gasteiger partial charge on any atom is -0.389 e. The fourth-order valence-electron chi connectivity index (χ4n) is 6.30. The normalized spacial score (nSPS) is 41.3. The maximum Gasteiger partial charge on any atom is 0.0743 e. The molecule has 0 heterocycles. The maximum atomic E-state index is 11.8. The van der Waals surface area contributed by atoms with Crippen LogP contribution in [0.5, 0.6) is 0 Å². The van der Waals surface area contributed by atoms with Gasteiger partial charge in [0, 0.05) is 13.5 Å². The summed E-state index contributed by atoms with van der Waals surface area (Å²) in [6, 6.07) is 1.18. The van der Waals surface area contributed by atoms with Crippen molar-refractivity contribution < 1.29 is 5.11 Å². The Morgan fingerprint density at radius 1 is 1.23 bits per heavy atom. The van der Waals surface area contributed by atoms with Gasteiger partial charge in [0.15, 0.2) is 0 Å². The van der Waals surface area contributed by atoms with Crippen molar-refractivity contribution in [2.24, 2.45) is 28.1 Å². The zero-order valence-electron chi connectivity index (χ0n) is 16.4. The molecular formula is C20H38OSi. The molecule has 1 nitrogen and oxygen atoms in total. The summed E-state index contributed by atoms with van der Waals surface area (Å²) in [7, 11) is -1.31. The average molecular weight is 323 g/mol. The zero-order chi connectivity index (χ0) is 17.4. The second-order valence-corrected chi connectivity index (χ2v) is 16.6. The summed E-state index contributed by atoms with van der Waals surface area (Å²) < 4.78 is 0. The number of hydrogen-bond acceptors (Lipinski definition) is 1. The molecule has 0 aromatic rings. The van der Waals surface area contributed by atoms with Gasteiger partial charge in [-0.15, -0.1) is 0 Å². The van der Waals surface area contributed by atoms with Crippen LogP contribution in [0, 0.1) is 28.1 Å². The molecule has 0 saturated heterocycles. The lowest BCUT2D eigenvalue weighted by Crippen LogP contribution is -2.75. The van der Waals surface area contributed by atoms with Crippen molar-refractivity contribution in [2.45, 2.75) is 85.7 Å². The van der Waals surface area contributed by atoms with Crippen LogP contribution in [0.25, 0.3) is 0 Å². The molecule has 4 atom stereocenters. The summed E-state index contributed by atoms with van der Waals surface area (Å²) in [4.78, 5) is 0. The summed E-state index contributed by atoms with van der Waals surface area (Å²) in [5.41, 5.74) is 1.11. The Morgan fingerprint density at radius 2 is 1.73 bits per heavy atom. The molecular weight excluding hydrogens is 284 g/mol. The lowest BCUT2D eigenvalue weighted by atomic mass is 9.30. The molecule has 128 valence electrons. The number of hydrogen-bond donors (Lipinski definition) is 1. The van der Waals surface area contributed by atoms with E-state index in [2.05, 4.69) is 67.8 Å². The van der Waals surface area contributed by atoms with Crippen LogP contribution in [-0.4, -0.2) is 18.8 Å². The molecule has 2 bridgehead atoms. The van der Waals surface area contributed by atoms with Crippen LogP contribution in [0.15, 0.2) is 12.2 Å². The molecule has 3 aliphatic carbocycles. The highest BCUT2D eigenvalue weighted by Crippen LogP contribution is 2.78. The van der Waals surface area contributed by atoms with Gasteiger partial charge >= 0.3 is 0 Å². The zero-order valence-corrected chi connectivity index (χ0v) is 17.4. The van der Waals surface area contributed by atoms with Gasteiger partial charge in [-0.05, 0) is 41.6 Å². The van der Waals surface area contributed by atoms with Crippen molar-refractivity contribution in [1.29, 1.82) is 0 Å². The van der Waals surface area contributed by atoms with Crippen molar-refractivity contribution in [1.82, 2.24) is 0 Å². The van der Waals surface area contributed by atoms with Gasteiger partial charge in [-0.1, -0.05) is 73.3 Å². The lowest BCUT2D eigenvalue weighted by Gasteiger charge is -2.77. The van der Waals surface area contributed by atoms with Crippen molar-refractivity contribution in [3.8, 4) is 0 Å². The molecule has 0 aromatic carbocycles. The minimum atomic E-state index is -1.31.